The Hall–Kier alpha value is -0.910. The highest BCUT2D eigenvalue weighted by Crippen LogP contribution is 1.94. The van der Waals surface area contributed by atoms with Gasteiger partial charge in [-0.25, -0.2) is 0 Å². The molecular formula is C13H24N2O3. The molecule has 0 aliphatic carbocycles. The number of hydrogen-bond acceptors (Lipinski definition) is 4. The van der Waals surface area contributed by atoms with Gasteiger partial charge < -0.3 is 14.2 Å². The summed E-state index contributed by atoms with van der Waals surface area (Å²) in [6.45, 7) is 9.99. The normalized spacial score (nSPS) is 11.3. The van der Waals surface area contributed by atoms with E-state index in [4.69, 9.17) is 14.2 Å². The van der Waals surface area contributed by atoms with Gasteiger partial charge >= 0.3 is 0 Å². The van der Waals surface area contributed by atoms with Crippen LogP contribution in [0.15, 0.2) is 12.4 Å². The Morgan fingerprint density at radius 3 is 2.39 bits per heavy atom. The zero-order chi connectivity index (χ0) is 13.2. The van der Waals surface area contributed by atoms with Crippen molar-refractivity contribution < 1.29 is 14.2 Å². The monoisotopic (exact) mass is 256 g/mol. The maximum atomic E-state index is 5.45. The van der Waals surface area contributed by atoms with Crippen molar-refractivity contribution in [3.63, 3.8) is 0 Å². The molecule has 0 aliphatic heterocycles. The second-order valence-electron chi connectivity index (χ2n) is 4.43. The lowest BCUT2D eigenvalue weighted by Gasteiger charge is -2.08. The lowest BCUT2D eigenvalue weighted by atomic mass is 10.4. The van der Waals surface area contributed by atoms with Crippen molar-refractivity contribution in [1.82, 2.24) is 9.78 Å². The summed E-state index contributed by atoms with van der Waals surface area (Å²) in [7, 11) is 0. The molecule has 104 valence electrons. The van der Waals surface area contributed by atoms with Crippen LogP contribution in [0.4, 0.5) is 0 Å². The summed E-state index contributed by atoms with van der Waals surface area (Å²) in [5.74, 6) is 0. The quantitative estimate of drug-likeness (QED) is 0.597. The van der Waals surface area contributed by atoms with E-state index < -0.39 is 0 Å². The molecular weight excluding hydrogens is 232 g/mol. The molecule has 0 amide bonds. The predicted molar refractivity (Wildman–Crippen MR) is 69.7 cm³/mol. The summed E-state index contributed by atoms with van der Waals surface area (Å²) >= 11 is 0. The van der Waals surface area contributed by atoms with Crippen LogP contribution in [0.2, 0.25) is 0 Å². The molecule has 0 radical (unpaired) electrons. The van der Waals surface area contributed by atoms with Crippen LogP contribution in [0.25, 0.3) is 0 Å². The minimum atomic E-state index is 0.266. The van der Waals surface area contributed by atoms with Crippen molar-refractivity contribution in [2.24, 2.45) is 0 Å². The zero-order valence-electron chi connectivity index (χ0n) is 11.6. The second-order valence-corrected chi connectivity index (χ2v) is 4.43. The van der Waals surface area contributed by atoms with Crippen LogP contribution in [0.5, 0.6) is 0 Å². The minimum Gasteiger partial charge on any atom is -0.377 e. The summed E-state index contributed by atoms with van der Waals surface area (Å²) < 4.78 is 18.0. The molecule has 0 atom stereocenters. The van der Waals surface area contributed by atoms with Gasteiger partial charge in [0.2, 0.25) is 0 Å². The van der Waals surface area contributed by atoms with Gasteiger partial charge in [0.25, 0.3) is 0 Å². The molecule has 1 aromatic rings. The first-order valence-corrected chi connectivity index (χ1v) is 6.44. The van der Waals surface area contributed by atoms with Gasteiger partial charge in [-0.15, -0.1) is 0 Å². The van der Waals surface area contributed by atoms with Gasteiger partial charge in [0, 0.05) is 6.20 Å². The second kappa shape index (κ2) is 9.08. The Balaban J connectivity index is 1.84. The molecule has 0 bridgehead atoms. The van der Waals surface area contributed by atoms with Crippen LogP contribution in [0, 0.1) is 6.92 Å². The lowest BCUT2D eigenvalue weighted by Crippen LogP contribution is -2.13. The summed E-state index contributed by atoms with van der Waals surface area (Å²) in [6.07, 6.45) is 4.11. The van der Waals surface area contributed by atoms with E-state index in [1.807, 2.05) is 37.8 Å². The van der Waals surface area contributed by atoms with Gasteiger partial charge in [-0.2, -0.15) is 5.10 Å². The topological polar surface area (TPSA) is 45.5 Å². The molecule has 1 heterocycles. The molecule has 0 spiro atoms. The summed E-state index contributed by atoms with van der Waals surface area (Å²) in [6, 6.07) is 0. The highest BCUT2D eigenvalue weighted by Gasteiger charge is 1.95. The van der Waals surface area contributed by atoms with Gasteiger partial charge in [-0.1, -0.05) is 0 Å². The van der Waals surface area contributed by atoms with Crippen LogP contribution in [-0.2, 0) is 20.8 Å². The van der Waals surface area contributed by atoms with Gasteiger partial charge in [0.15, 0.2) is 0 Å². The third-order valence-electron chi connectivity index (χ3n) is 2.28. The first-order chi connectivity index (χ1) is 8.68. The molecule has 0 unspecified atom stereocenters. The average molecular weight is 256 g/mol. The van der Waals surface area contributed by atoms with E-state index in [9.17, 15) is 0 Å². The number of nitrogens with zero attached hydrogens (tertiary/aromatic N) is 2. The molecule has 0 saturated carbocycles. The number of rotatable bonds is 10. The van der Waals surface area contributed by atoms with Gasteiger partial charge in [-0.3, -0.25) is 4.68 Å². The van der Waals surface area contributed by atoms with Crippen molar-refractivity contribution in [3.8, 4) is 0 Å². The molecule has 0 aliphatic rings. The van der Waals surface area contributed by atoms with E-state index in [0.717, 1.165) is 6.54 Å². The fourth-order valence-corrected chi connectivity index (χ4v) is 1.41. The number of aromatic nitrogens is 2. The smallest absolute Gasteiger partial charge is 0.0703 e. The number of ether oxygens (including phenoxy) is 3. The Morgan fingerprint density at radius 1 is 1.11 bits per heavy atom. The van der Waals surface area contributed by atoms with Crippen molar-refractivity contribution in [2.45, 2.75) is 33.4 Å². The minimum absolute atomic E-state index is 0.266. The largest absolute Gasteiger partial charge is 0.377 e. The third kappa shape index (κ3) is 7.42. The average Bonchev–Trinajstić information content (AvgIpc) is 2.72. The zero-order valence-corrected chi connectivity index (χ0v) is 11.6. The SMILES string of the molecule is Cc1cnn(CCOCCOCCOC(C)C)c1. The van der Waals surface area contributed by atoms with Gasteiger partial charge in [-0.05, 0) is 26.3 Å². The Labute approximate surface area is 109 Å². The predicted octanol–water partition coefficient (Wildman–Crippen LogP) is 1.65. The summed E-state index contributed by atoms with van der Waals surface area (Å²) in [5.41, 5.74) is 1.17. The molecule has 18 heavy (non-hydrogen) atoms. The highest BCUT2D eigenvalue weighted by atomic mass is 16.5. The van der Waals surface area contributed by atoms with Gasteiger partial charge in [0.05, 0.1) is 51.9 Å². The van der Waals surface area contributed by atoms with Crippen LogP contribution in [0.1, 0.15) is 19.4 Å². The molecule has 5 nitrogen and oxygen atoms in total. The first-order valence-electron chi connectivity index (χ1n) is 6.44. The van der Waals surface area contributed by atoms with Crippen molar-refractivity contribution in [1.29, 1.82) is 0 Å². The maximum Gasteiger partial charge on any atom is 0.0703 e. The van der Waals surface area contributed by atoms with Crippen LogP contribution in [0.3, 0.4) is 0 Å². The van der Waals surface area contributed by atoms with Crippen molar-refractivity contribution >= 4 is 0 Å². The molecule has 1 rings (SSSR count). The highest BCUT2D eigenvalue weighted by molar-refractivity contribution is 4.99. The van der Waals surface area contributed by atoms with E-state index in [0.29, 0.717) is 33.0 Å². The summed E-state index contributed by atoms with van der Waals surface area (Å²) in [4.78, 5) is 0. The van der Waals surface area contributed by atoms with Gasteiger partial charge in [0.1, 0.15) is 0 Å². The molecule has 0 N–H and O–H groups in total. The van der Waals surface area contributed by atoms with E-state index in [-0.39, 0.29) is 6.10 Å². The van der Waals surface area contributed by atoms with Crippen LogP contribution >= 0.6 is 0 Å². The fraction of sp³-hybridized carbons (Fsp3) is 0.769. The fourth-order valence-electron chi connectivity index (χ4n) is 1.41. The molecule has 0 aromatic carbocycles. The van der Waals surface area contributed by atoms with E-state index in [1.165, 1.54) is 5.56 Å². The Bertz CT molecular complexity index is 313. The molecule has 5 heteroatoms. The Kier molecular flexibility index (Phi) is 7.64. The number of hydrogen-bond donors (Lipinski definition) is 0. The van der Waals surface area contributed by atoms with E-state index in [2.05, 4.69) is 5.10 Å². The third-order valence-corrected chi connectivity index (χ3v) is 2.28. The maximum absolute atomic E-state index is 5.45. The van der Waals surface area contributed by atoms with E-state index in [1.54, 1.807) is 0 Å². The Morgan fingerprint density at radius 2 is 1.78 bits per heavy atom. The standard InChI is InChI=1S/C13H24N2O3/c1-12(2)18-9-8-17-7-6-16-5-4-15-11-13(3)10-14-15/h10-12H,4-9H2,1-3H3. The van der Waals surface area contributed by atoms with Crippen LogP contribution in [-0.4, -0.2) is 48.9 Å². The first kappa shape index (κ1) is 15.1. The lowest BCUT2D eigenvalue weighted by molar-refractivity contribution is -0.00254. The van der Waals surface area contributed by atoms with Crippen LogP contribution < -0.4 is 0 Å². The molecule has 0 saturated heterocycles. The van der Waals surface area contributed by atoms with Crippen molar-refractivity contribution in [3.05, 3.63) is 18.0 Å². The molecule has 0 fully saturated rings. The van der Waals surface area contributed by atoms with E-state index >= 15 is 0 Å². The summed E-state index contributed by atoms with van der Waals surface area (Å²) in [5, 5.41) is 4.18. The number of aryl methyl sites for hydroxylation is 1. The van der Waals surface area contributed by atoms with Crippen molar-refractivity contribution in [2.75, 3.05) is 33.0 Å². The molecule has 1 aromatic heterocycles.